The molecule has 0 N–H and O–H groups in total. The van der Waals surface area contributed by atoms with Crippen molar-refractivity contribution >= 4 is 11.6 Å². The summed E-state index contributed by atoms with van der Waals surface area (Å²) in [5.74, 6) is -0.0962. The normalized spacial score (nSPS) is 11.8. The summed E-state index contributed by atoms with van der Waals surface area (Å²) < 4.78 is 13.6. The second-order valence-corrected chi connectivity index (χ2v) is 6.86. The number of anilines is 1. The summed E-state index contributed by atoms with van der Waals surface area (Å²) in [6.07, 6.45) is 3.25. The van der Waals surface area contributed by atoms with Crippen molar-refractivity contribution in [1.29, 1.82) is 0 Å². The number of hydrogen-bond acceptors (Lipinski definition) is 1. The molecule has 3 heteroatoms. The van der Waals surface area contributed by atoms with E-state index < -0.39 is 0 Å². The molecule has 0 saturated carbocycles. The number of rotatable bonds is 7. The monoisotopic (exact) mass is 307 g/mol. The number of carbonyl (C=O) groups is 1. The Morgan fingerprint density at radius 2 is 1.82 bits per heavy atom. The Balaban J connectivity index is 3.18. The van der Waals surface area contributed by atoms with Crippen molar-refractivity contribution in [3.05, 3.63) is 29.6 Å². The van der Waals surface area contributed by atoms with E-state index in [0.29, 0.717) is 12.0 Å². The second-order valence-electron chi connectivity index (χ2n) is 6.86. The molecule has 22 heavy (non-hydrogen) atoms. The van der Waals surface area contributed by atoms with Crippen LogP contribution in [0, 0.1) is 18.2 Å². The van der Waals surface area contributed by atoms with E-state index in [1.807, 2.05) is 4.90 Å². The summed E-state index contributed by atoms with van der Waals surface area (Å²) in [7, 11) is 0. The second kappa shape index (κ2) is 7.75. The van der Waals surface area contributed by atoms with Crippen LogP contribution in [0.1, 0.15) is 65.9 Å². The highest BCUT2D eigenvalue weighted by atomic mass is 19.1. The van der Waals surface area contributed by atoms with Crippen LogP contribution in [0.25, 0.3) is 0 Å². The first-order valence-corrected chi connectivity index (χ1v) is 8.34. The number of benzene rings is 1. The lowest BCUT2D eigenvalue weighted by Gasteiger charge is -2.34. The first-order valence-electron chi connectivity index (χ1n) is 8.34. The summed E-state index contributed by atoms with van der Waals surface area (Å²) in [4.78, 5) is 14.8. The quantitative estimate of drug-likeness (QED) is 0.653. The Bertz CT molecular complexity index is 506. The third kappa shape index (κ3) is 4.56. The van der Waals surface area contributed by atoms with Crippen LogP contribution in [0.15, 0.2) is 18.2 Å². The third-order valence-electron chi connectivity index (χ3n) is 4.58. The summed E-state index contributed by atoms with van der Waals surface area (Å²) >= 11 is 0. The van der Waals surface area contributed by atoms with Gasteiger partial charge in [0.1, 0.15) is 5.82 Å². The van der Waals surface area contributed by atoms with E-state index >= 15 is 0 Å². The highest BCUT2D eigenvalue weighted by Gasteiger charge is 2.28. The number of hydrogen-bond donors (Lipinski definition) is 0. The maximum Gasteiger partial charge on any atom is 0.227 e. The van der Waals surface area contributed by atoms with Gasteiger partial charge >= 0.3 is 0 Å². The Morgan fingerprint density at radius 3 is 2.27 bits per heavy atom. The van der Waals surface area contributed by atoms with Crippen LogP contribution in [0.3, 0.4) is 0 Å². The van der Waals surface area contributed by atoms with E-state index in [9.17, 15) is 9.18 Å². The molecule has 0 atom stereocenters. The number of aryl methyl sites for hydroxylation is 1. The Morgan fingerprint density at radius 1 is 1.23 bits per heavy atom. The lowest BCUT2D eigenvalue weighted by molar-refractivity contribution is -0.121. The topological polar surface area (TPSA) is 20.3 Å². The Kier molecular flexibility index (Phi) is 6.58. The van der Waals surface area contributed by atoms with E-state index in [0.717, 1.165) is 24.9 Å². The first-order chi connectivity index (χ1) is 10.3. The van der Waals surface area contributed by atoms with E-state index in [1.54, 1.807) is 19.1 Å². The van der Waals surface area contributed by atoms with Gasteiger partial charge in [-0.3, -0.25) is 4.79 Å². The van der Waals surface area contributed by atoms with Gasteiger partial charge in [-0.15, -0.1) is 0 Å². The maximum atomic E-state index is 13.6. The molecule has 1 aromatic rings. The standard InChI is InChI=1S/C19H30FNO/c1-7-15(8-2)21(18(22)13-19(5,6)9-3)16-10-11-17(20)14(4)12-16/h10-12,15H,7-9,13H2,1-6H3. The maximum absolute atomic E-state index is 13.6. The lowest BCUT2D eigenvalue weighted by Crippen LogP contribution is -2.41. The van der Waals surface area contributed by atoms with Gasteiger partial charge in [0.05, 0.1) is 0 Å². The number of carbonyl (C=O) groups excluding carboxylic acids is 1. The molecule has 1 rings (SSSR count). The highest BCUT2D eigenvalue weighted by Crippen LogP contribution is 2.30. The molecule has 0 aromatic heterocycles. The molecular weight excluding hydrogens is 277 g/mol. The predicted octanol–water partition coefficient (Wildman–Crippen LogP) is 5.48. The van der Waals surface area contributed by atoms with E-state index in [4.69, 9.17) is 0 Å². The van der Waals surface area contributed by atoms with Gasteiger partial charge in [-0.1, -0.05) is 41.0 Å². The fourth-order valence-electron chi connectivity index (χ4n) is 2.61. The van der Waals surface area contributed by atoms with Crippen molar-refractivity contribution < 1.29 is 9.18 Å². The van der Waals surface area contributed by atoms with Gasteiger partial charge in [-0.2, -0.15) is 0 Å². The highest BCUT2D eigenvalue weighted by molar-refractivity contribution is 5.94. The van der Waals surface area contributed by atoms with Crippen LogP contribution >= 0.6 is 0 Å². The zero-order valence-electron chi connectivity index (χ0n) is 14.9. The fraction of sp³-hybridized carbons (Fsp3) is 0.632. The predicted molar refractivity (Wildman–Crippen MR) is 91.7 cm³/mol. The molecular formula is C19H30FNO. The van der Waals surface area contributed by atoms with E-state index in [-0.39, 0.29) is 23.2 Å². The van der Waals surface area contributed by atoms with E-state index in [2.05, 4.69) is 34.6 Å². The van der Waals surface area contributed by atoms with Gasteiger partial charge < -0.3 is 4.90 Å². The molecule has 1 aromatic carbocycles. The summed E-state index contributed by atoms with van der Waals surface area (Å²) in [5.41, 5.74) is 1.37. The molecule has 1 amide bonds. The van der Waals surface area contributed by atoms with Crippen molar-refractivity contribution in [2.75, 3.05) is 4.90 Å². The molecule has 0 heterocycles. The largest absolute Gasteiger partial charge is 0.309 e. The molecule has 0 spiro atoms. The Labute approximate surface area is 134 Å². The smallest absolute Gasteiger partial charge is 0.227 e. The fourth-order valence-corrected chi connectivity index (χ4v) is 2.61. The van der Waals surface area contributed by atoms with Crippen LogP contribution in [0.5, 0.6) is 0 Å². The summed E-state index contributed by atoms with van der Waals surface area (Å²) in [6.45, 7) is 12.3. The van der Waals surface area contributed by atoms with E-state index in [1.165, 1.54) is 6.07 Å². The van der Waals surface area contributed by atoms with Gasteiger partial charge in [0.15, 0.2) is 0 Å². The van der Waals surface area contributed by atoms with Gasteiger partial charge in [0.2, 0.25) is 5.91 Å². The first kappa shape index (κ1) is 18.7. The van der Waals surface area contributed by atoms with Gasteiger partial charge in [-0.05, 0) is 48.9 Å². The van der Waals surface area contributed by atoms with Crippen LogP contribution in [-0.2, 0) is 4.79 Å². The average Bonchev–Trinajstić information content (AvgIpc) is 2.47. The van der Waals surface area contributed by atoms with Crippen molar-refractivity contribution in [2.24, 2.45) is 5.41 Å². The number of halogens is 1. The van der Waals surface area contributed by atoms with Crippen LogP contribution in [-0.4, -0.2) is 11.9 Å². The van der Waals surface area contributed by atoms with Crippen molar-refractivity contribution in [1.82, 2.24) is 0 Å². The zero-order valence-corrected chi connectivity index (χ0v) is 14.9. The van der Waals surface area contributed by atoms with Crippen LogP contribution in [0.4, 0.5) is 10.1 Å². The SMILES string of the molecule is CCC(CC)N(C(=O)CC(C)(C)CC)c1ccc(F)c(C)c1. The molecule has 0 unspecified atom stereocenters. The molecule has 0 aliphatic heterocycles. The van der Waals surface area contributed by atoms with Gasteiger partial charge in [0.25, 0.3) is 0 Å². The number of amides is 1. The lowest BCUT2D eigenvalue weighted by atomic mass is 9.85. The zero-order chi connectivity index (χ0) is 16.9. The molecule has 0 saturated heterocycles. The van der Waals surface area contributed by atoms with Gasteiger partial charge in [-0.25, -0.2) is 4.39 Å². The number of nitrogens with zero attached hydrogens (tertiary/aromatic N) is 1. The molecule has 0 aliphatic carbocycles. The molecule has 0 radical (unpaired) electrons. The molecule has 0 aliphatic rings. The van der Waals surface area contributed by atoms with Crippen molar-refractivity contribution in [2.45, 2.75) is 73.3 Å². The third-order valence-corrected chi connectivity index (χ3v) is 4.58. The van der Waals surface area contributed by atoms with Crippen molar-refractivity contribution in [3.8, 4) is 0 Å². The van der Waals surface area contributed by atoms with Gasteiger partial charge in [0, 0.05) is 18.2 Å². The molecule has 2 nitrogen and oxygen atoms in total. The summed E-state index contributed by atoms with van der Waals surface area (Å²) in [6, 6.07) is 5.12. The average molecular weight is 307 g/mol. The summed E-state index contributed by atoms with van der Waals surface area (Å²) in [5, 5.41) is 0. The minimum atomic E-state index is -0.227. The minimum absolute atomic E-state index is 0.0174. The van der Waals surface area contributed by atoms with Crippen LogP contribution in [0.2, 0.25) is 0 Å². The molecule has 0 bridgehead atoms. The molecule has 0 fully saturated rings. The van der Waals surface area contributed by atoms with Crippen molar-refractivity contribution in [3.63, 3.8) is 0 Å². The minimum Gasteiger partial charge on any atom is -0.309 e. The van der Waals surface area contributed by atoms with Crippen LogP contribution < -0.4 is 4.90 Å². The molecule has 124 valence electrons. The Hall–Kier alpha value is -1.38.